The number of benzene rings is 3. The zero-order valence-electron chi connectivity index (χ0n) is 19.2. The van der Waals surface area contributed by atoms with Crippen molar-refractivity contribution in [2.45, 2.75) is 27.0 Å². The average molecular weight is 567 g/mol. The van der Waals surface area contributed by atoms with Crippen LogP contribution in [0.5, 0.6) is 5.75 Å². The van der Waals surface area contributed by atoms with E-state index in [4.69, 9.17) is 51.1 Å². The van der Waals surface area contributed by atoms with Crippen LogP contribution in [0.25, 0.3) is 0 Å². The zero-order valence-corrected chi connectivity index (χ0v) is 22.2. The highest BCUT2D eigenvalue weighted by molar-refractivity contribution is 6.40. The summed E-state index contributed by atoms with van der Waals surface area (Å²) in [5, 5.41) is 8.67. The van der Waals surface area contributed by atoms with Crippen molar-refractivity contribution in [3.8, 4) is 5.75 Å². The molecule has 36 heavy (non-hydrogen) atoms. The maximum atomic E-state index is 14.3. The van der Waals surface area contributed by atoms with Crippen molar-refractivity contribution in [2.24, 2.45) is 0 Å². The molecule has 0 atom stereocenters. The highest BCUT2D eigenvalue weighted by atomic mass is 35.5. The van der Waals surface area contributed by atoms with Crippen LogP contribution in [-0.4, -0.2) is 15.7 Å². The molecule has 10 heteroatoms. The van der Waals surface area contributed by atoms with Gasteiger partial charge in [-0.1, -0.05) is 64.6 Å². The second kappa shape index (κ2) is 11.1. The summed E-state index contributed by atoms with van der Waals surface area (Å²) in [7, 11) is 0. The Bertz CT molecular complexity index is 1410. The second-order valence-electron chi connectivity index (χ2n) is 8.05. The molecule has 4 aromatic rings. The van der Waals surface area contributed by atoms with Crippen LogP contribution < -0.4 is 10.1 Å². The number of nitrogens with one attached hydrogen (secondary N) is 1. The van der Waals surface area contributed by atoms with E-state index in [0.717, 1.165) is 5.56 Å². The second-order valence-corrected chi connectivity index (χ2v) is 9.70. The molecule has 0 fully saturated rings. The first-order valence-electron chi connectivity index (χ1n) is 10.8. The van der Waals surface area contributed by atoms with Gasteiger partial charge in [-0.15, -0.1) is 0 Å². The molecule has 186 valence electrons. The number of aryl methyl sites for hydroxylation is 1. The van der Waals surface area contributed by atoms with Crippen LogP contribution >= 0.6 is 46.4 Å². The van der Waals surface area contributed by atoms with Gasteiger partial charge in [0.25, 0.3) is 5.91 Å². The molecular formula is C26H20Cl4FN3O2. The number of hydrogen-bond acceptors (Lipinski definition) is 3. The van der Waals surface area contributed by atoms with Crippen LogP contribution in [0.1, 0.15) is 32.9 Å². The first-order valence-corrected chi connectivity index (χ1v) is 12.3. The van der Waals surface area contributed by atoms with Gasteiger partial charge in [0.15, 0.2) is 5.75 Å². The SMILES string of the molecule is Cc1nn(Cc2c(F)cccc2Cl)c(C)c1NC(=O)c1cccc(COc2c(Cl)cc(Cl)cc2Cl)c1. The fourth-order valence-corrected chi connectivity index (χ4v) is 4.82. The minimum absolute atomic E-state index is 0.136. The van der Waals surface area contributed by atoms with Gasteiger partial charge in [-0.25, -0.2) is 4.39 Å². The predicted octanol–water partition coefficient (Wildman–Crippen LogP) is 8.13. The summed E-state index contributed by atoms with van der Waals surface area (Å²) >= 11 is 24.5. The lowest BCUT2D eigenvalue weighted by Gasteiger charge is -2.12. The number of carbonyl (C=O) groups is 1. The van der Waals surface area contributed by atoms with Gasteiger partial charge in [-0.3, -0.25) is 9.48 Å². The highest BCUT2D eigenvalue weighted by Crippen LogP contribution is 2.36. The van der Waals surface area contributed by atoms with Crippen LogP contribution in [0, 0.1) is 19.7 Å². The Hall–Kier alpha value is -2.77. The maximum absolute atomic E-state index is 14.3. The van der Waals surface area contributed by atoms with Gasteiger partial charge in [0.2, 0.25) is 0 Å². The quantitative estimate of drug-likeness (QED) is 0.245. The summed E-state index contributed by atoms with van der Waals surface area (Å²) in [6.07, 6.45) is 0. The molecule has 1 heterocycles. The molecule has 3 aromatic carbocycles. The van der Waals surface area contributed by atoms with E-state index in [-0.39, 0.29) is 19.1 Å². The Morgan fingerprint density at radius 2 is 1.69 bits per heavy atom. The number of ether oxygens (including phenoxy) is 1. The van der Waals surface area contributed by atoms with Crippen LogP contribution in [0.4, 0.5) is 10.1 Å². The van der Waals surface area contributed by atoms with Crippen molar-refractivity contribution in [3.63, 3.8) is 0 Å². The minimum Gasteiger partial charge on any atom is -0.486 e. The predicted molar refractivity (Wildman–Crippen MR) is 142 cm³/mol. The molecule has 0 radical (unpaired) electrons. The zero-order chi connectivity index (χ0) is 26.0. The van der Waals surface area contributed by atoms with Crippen molar-refractivity contribution < 1.29 is 13.9 Å². The number of amides is 1. The Labute approximate surface area is 227 Å². The van der Waals surface area contributed by atoms with Gasteiger partial charge in [0, 0.05) is 21.2 Å². The lowest BCUT2D eigenvalue weighted by atomic mass is 10.1. The molecule has 1 N–H and O–H groups in total. The molecular weight excluding hydrogens is 547 g/mol. The third kappa shape index (κ3) is 5.79. The Morgan fingerprint density at radius 3 is 2.39 bits per heavy atom. The smallest absolute Gasteiger partial charge is 0.255 e. The molecule has 0 saturated heterocycles. The Kier molecular flexibility index (Phi) is 8.10. The van der Waals surface area contributed by atoms with Crippen LogP contribution in [-0.2, 0) is 13.2 Å². The van der Waals surface area contributed by atoms with Crippen LogP contribution in [0.15, 0.2) is 54.6 Å². The highest BCUT2D eigenvalue weighted by Gasteiger charge is 2.18. The number of anilines is 1. The normalized spacial score (nSPS) is 11.0. The minimum atomic E-state index is -0.416. The van der Waals surface area contributed by atoms with E-state index in [2.05, 4.69) is 10.4 Å². The summed E-state index contributed by atoms with van der Waals surface area (Å²) in [6.45, 7) is 3.85. The summed E-state index contributed by atoms with van der Waals surface area (Å²) in [4.78, 5) is 13.0. The fourth-order valence-electron chi connectivity index (χ4n) is 3.68. The molecule has 0 aliphatic rings. The van der Waals surface area contributed by atoms with Gasteiger partial charge in [0.05, 0.1) is 33.7 Å². The fraction of sp³-hybridized carbons (Fsp3) is 0.154. The van der Waals surface area contributed by atoms with E-state index in [9.17, 15) is 9.18 Å². The van der Waals surface area contributed by atoms with E-state index in [1.165, 1.54) is 6.07 Å². The molecule has 1 aromatic heterocycles. The van der Waals surface area contributed by atoms with Crippen molar-refractivity contribution in [2.75, 3.05) is 5.32 Å². The van der Waals surface area contributed by atoms with Crippen molar-refractivity contribution in [1.29, 1.82) is 0 Å². The first kappa shape index (κ1) is 26.3. The van der Waals surface area contributed by atoms with Gasteiger partial charge in [-0.05, 0) is 55.8 Å². The molecule has 4 rings (SSSR count). The van der Waals surface area contributed by atoms with Gasteiger partial charge < -0.3 is 10.1 Å². The van der Waals surface area contributed by atoms with Crippen molar-refractivity contribution >= 4 is 58.0 Å². The molecule has 0 unspecified atom stereocenters. The first-order chi connectivity index (χ1) is 17.1. The van der Waals surface area contributed by atoms with Gasteiger partial charge in [-0.2, -0.15) is 5.10 Å². The standard InChI is InChI=1S/C26H20Cl4FN3O2/c1-14-24(15(2)34(33-14)12-19-20(28)7-4-8-23(19)31)32-26(35)17-6-3-5-16(9-17)13-36-25-21(29)10-18(27)11-22(25)30/h3-11H,12-13H2,1-2H3,(H,32,35). The summed E-state index contributed by atoms with van der Waals surface area (Å²) in [5.41, 5.74) is 3.31. The molecule has 1 amide bonds. The third-order valence-corrected chi connectivity index (χ3v) is 6.66. The molecule has 0 aliphatic carbocycles. The van der Waals surface area contributed by atoms with Gasteiger partial charge >= 0.3 is 0 Å². The summed E-state index contributed by atoms with van der Waals surface area (Å²) in [6, 6.07) is 14.6. The Balaban J connectivity index is 1.49. The average Bonchev–Trinajstić information content (AvgIpc) is 3.08. The van der Waals surface area contributed by atoms with E-state index in [1.54, 1.807) is 61.0 Å². The maximum Gasteiger partial charge on any atom is 0.255 e. The number of hydrogen-bond donors (Lipinski definition) is 1. The number of carbonyl (C=O) groups excluding carboxylic acids is 1. The number of nitrogens with zero attached hydrogens (tertiary/aromatic N) is 2. The van der Waals surface area contributed by atoms with Crippen molar-refractivity contribution in [1.82, 2.24) is 9.78 Å². The summed E-state index contributed by atoms with van der Waals surface area (Å²) < 4.78 is 21.6. The third-order valence-electron chi connectivity index (χ3n) is 5.52. The van der Waals surface area contributed by atoms with E-state index < -0.39 is 5.82 Å². The Morgan fingerprint density at radius 1 is 1.00 bits per heavy atom. The van der Waals surface area contributed by atoms with E-state index >= 15 is 0 Å². The molecule has 0 bridgehead atoms. The van der Waals surface area contributed by atoms with Crippen LogP contribution in [0.2, 0.25) is 20.1 Å². The summed E-state index contributed by atoms with van der Waals surface area (Å²) in [5.74, 6) is -0.430. The topological polar surface area (TPSA) is 56.2 Å². The number of halogens is 5. The van der Waals surface area contributed by atoms with E-state index in [1.807, 2.05) is 6.07 Å². The lowest BCUT2D eigenvalue weighted by molar-refractivity contribution is 0.102. The van der Waals surface area contributed by atoms with Crippen LogP contribution in [0.3, 0.4) is 0 Å². The number of aromatic nitrogens is 2. The molecule has 0 saturated carbocycles. The van der Waals surface area contributed by atoms with Crippen molar-refractivity contribution in [3.05, 3.63) is 109 Å². The van der Waals surface area contributed by atoms with Gasteiger partial charge in [0.1, 0.15) is 12.4 Å². The van der Waals surface area contributed by atoms with E-state index in [0.29, 0.717) is 54.0 Å². The number of rotatable bonds is 7. The molecule has 0 spiro atoms. The monoisotopic (exact) mass is 565 g/mol. The lowest BCUT2D eigenvalue weighted by Crippen LogP contribution is -2.14. The largest absolute Gasteiger partial charge is 0.486 e. The molecule has 0 aliphatic heterocycles. The molecule has 5 nitrogen and oxygen atoms in total.